The normalized spacial score (nSPS) is 16.4. The van der Waals surface area contributed by atoms with Crippen LogP contribution in [0, 0.1) is 17.0 Å². The zero-order valence-corrected chi connectivity index (χ0v) is 17.4. The van der Waals surface area contributed by atoms with E-state index in [-0.39, 0.29) is 29.9 Å². The van der Waals surface area contributed by atoms with Crippen molar-refractivity contribution in [2.75, 3.05) is 38.0 Å². The van der Waals surface area contributed by atoms with Gasteiger partial charge in [0.05, 0.1) is 11.5 Å². The molecule has 2 aromatic rings. The quantitative estimate of drug-likeness (QED) is 0.571. The minimum atomic E-state index is -0.475. The van der Waals surface area contributed by atoms with Gasteiger partial charge in [-0.05, 0) is 31.0 Å². The number of carbonyl (C=O) groups is 1. The van der Waals surface area contributed by atoms with Crippen molar-refractivity contribution in [2.24, 2.45) is 0 Å². The summed E-state index contributed by atoms with van der Waals surface area (Å²) in [6.07, 6.45) is 0. The van der Waals surface area contributed by atoms with Crippen LogP contribution in [0.1, 0.15) is 24.1 Å². The van der Waals surface area contributed by atoms with E-state index < -0.39 is 4.92 Å². The maximum Gasteiger partial charge on any atom is 0.293 e. The van der Waals surface area contributed by atoms with Crippen molar-refractivity contribution in [3.63, 3.8) is 0 Å². The van der Waals surface area contributed by atoms with Gasteiger partial charge in [0.15, 0.2) is 0 Å². The first-order valence-electron chi connectivity index (χ1n) is 9.61. The summed E-state index contributed by atoms with van der Waals surface area (Å²) in [5.74, 6) is -0.241. The Morgan fingerprint density at radius 3 is 2.52 bits per heavy atom. The van der Waals surface area contributed by atoms with Crippen LogP contribution in [0.25, 0.3) is 0 Å². The van der Waals surface area contributed by atoms with E-state index in [1.165, 1.54) is 6.07 Å². The van der Waals surface area contributed by atoms with Gasteiger partial charge in [-0.25, -0.2) is 0 Å². The molecule has 0 radical (unpaired) electrons. The molecule has 1 aliphatic heterocycles. The van der Waals surface area contributed by atoms with Crippen LogP contribution in [0.15, 0.2) is 42.5 Å². The Hall–Kier alpha value is -2.48. The van der Waals surface area contributed by atoms with Gasteiger partial charge in [-0.15, -0.1) is 0 Å². The highest BCUT2D eigenvalue weighted by Gasteiger charge is 2.25. The maximum absolute atomic E-state index is 12.5. The number of nitro groups is 1. The van der Waals surface area contributed by atoms with Gasteiger partial charge < -0.3 is 5.32 Å². The van der Waals surface area contributed by atoms with E-state index in [1.807, 2.05) is 24.3 Å². The third-order valence-electron chi connectivity index (χ3n) is 5.39. The Morgan fingerprint density at radius 1 is 1.17 bits per heavy atom. The number of carbonyl (C=O) groups excluding carboxylic acids is 1. The average molecular weight is 417 g/mol. The van der Waals surface area contributed by atoms with Crippen molar-refractivity contribution < 1.29 is 9.72 Å². The highest BCUT2D eigenvalue weighted by molar-refractivity contribution is 6.31. The Bertz CT molecular complexity index is 897. The summed E-state index contributed by atoms with van der Waals surface area (Å²) in [6.45, 7) is 7.24. The number of hydrogen-bond acceptors (Lipinski definition) is 5. The molecular formula is C21H25ClN4O3. The Kier molecular flexibility index (Phi) is 6.84. The number of nitrogens with zero attached hydrogens (tertiary/aromatic N) is 3. The topological polar surface area (TPSA) is 78.7 Å². The fraction of sp³-hybridized carbons (Fsp3) is 0.381. The molecule has 7 nitrogen and oxygen atoms in total. The molecular weight excluding hydrogens is 392 g/mol. The van der Waals surface area contributed by atoms with Gasteiger partial charge in [0.1, 0.15) is 5.69 Å². The van der Waals surface area contributed by atoms with E-state index in [0.717, 1.165) is 36.8 Å². The number of benzene rings is 2. The molecule has 154 valence electrons. The largest absolute Gasteiger partial charge is 0.319 e. The van der Waals surface area contributed by atoms with Crippen molar-refractivity contribution in [1.29, 1.82) is 0 Å². The molecule has 0 saturated carbocycles. The standard InChI is InChI=1S/C21H25ClN4O3/c1-15-6-5-9-19(26(28)29)21(15)23-20(27)14-24-10-12-25(13-11-24)16(2)17-7-3-4-8-18(17)22/h3-9,16H,10-14H2,1-2H3,(H,23,27). The summed E-state index contributed by atoms with van der Waals surface area (Å²) >= 11 is 6.32. The fourth-order valence-electron chi connectivity index (χ4n) is 3.67. The molecule has 0 aliphatic carbocycles. The zero-order chi connectivity index (χ0) is 21.0. The van der Waals surface area contributed by atoms with E-state index in [1.54, 1.807) is 19.1 Å². The van der Waals surface area contributed by atoms with Crippen LogP contribution < -0.4 is 5.32 Å². The molecule has 1 heterocycles. The summed E-state index contributed by atoms with van der Waals surface area (Å²) < 4.78 is 0. The SMILES string of the molecule is Cc1cccc([N+](=O)[O-])c1NC(=O)CN1CCN(C(C)c2ccccc2Cl)CC1. The minimum absolute atomic E-state index is 0.0864. The highest BCUT2D eigenvalue weighted by atomic mass is 35.5. The molecule has 1 saturated heterocycles. The first-order chi connectivity index (χ1) is 13.9. The molecule has 0 bridgehead atoms. The smallest absolute Gasteiger partial charge is 0.293 e. The lowest BCUT2D eigenvalue weighted by Crippen LogP contribution is -2.49. The molecule has 1 atom stereocenters. The van der Waals surface area contributed by atoms with Crippen molar-refractivity contribution in [3.8, 4) is 0 Å². The number of anilines is 1. The van der Waals surface area contributed by atoms with Crippen LogP contribution in [0.4, 0.5) is 11.4 Å². The molecule has 2 aromatic carbocycles. The predicted octanol–water partition coefficient (Wildman–Crippen LogP) is 3.87. The zero-order valence-electron chi connectivity index (χ0n) is 16.6. The predicted molar refractivity (Wildman–Crippen MR) is 114 cm³/mol. The van der Waals surface area contributed by atoms with Gasteiger partial charge in [0.25, 0.3) is 5.69 Å². The number of amides is 1. The number of piperazine rings is 1. The molecule has 8 heteroatoms. The Labute approximate surface area is 175 Å². The number of aryl methyl sites for hydroxylation is 1. The lowest BCUT2D eigenvalue weighted by molar-refractivity contribution is -0.384. The lowest BCUT2D eigenvalue weighted by atomic mass is 10.1. The van der Waals surface area contributed by atoms with Gasteiger partial charge in [0.2, 0.25) is 5.91 Å². The summed E-state index contributed by atoms with van der Waals surface area (Å²) in [5, 5.41) is 14.7. The fourth-order valence-corrected chi connectivity index (χ4v) is 3.96. The highest BCUT2D eigenvalue weighted by Crippen LogP contribution is 2.29. The molecule has 29 heavy (non-hydrogen) atoms. The number of hydrogen-bond donors (Lipinski definition) is 1. The molecule has 1 N–H and O–H groups in total. The minimum Gasteiger partial charge on any atom is -0.319 e. The van der Waals surface area contributed by atoms with Crippen molar-refractivity contribution in [2.45, 2.75) is 19.9 Å². The molecule has 1 amide bonds. The van der Waals surface area contributed by atoms with Gasteiger partial charge in [-0.1, -0.05) is 41.9 Å². The number of nitro benzene ring substituents is 1. The van der Waals surface area contributed by atoms with Crippen LogP contribution in [0.3, 0.4) is 0 Å². The van der Waals surface area contributed by atoms with Gasteiger partial charge >= 0.3 is 0 Å². The van der Waals surface area contributed by atoms with Crippen molar-refractivity contribution in [1.82, 2.24) is 9.80 Å². The molecule has 1 aliphatic rings. The van der Waals surface area contributed by atoms with E-state index in [9.17, 15) is 14.9 Å². The third kappa shape index (κ3) is 5.12. The second-order valence-corrected chi connectivity index (χ2v) is 7.69. The summed E-state index contributed by atoms with van der Waals surface area (Å²) in [7, 11) is 0. The maximum atomic E-state index is 12.5. The van der Waals surface area contributed by atoms with E-state index in [0.29, 0.717) is 5.56 Å². The molecule has 1 unspecified atom stereocenters. The first-order valence-corrected chi connectivity index (χ1v) is 9.99. The number of para-hydroxylation sites is 1. The second-order valence-electron chi connectivity index (χ2n) is 7.28. The van der Waals surface area contributed by atoms with Crippen LogP contribution in [0.2, 0.25) is 5.02 Å². The summed E-state index contributed by atoms with van der Waals surface area (Å²) in [4.78, 5) is 27.6. The van der Waals surface area contributed by atoms with Gasteiger partial charge in [0, 0.05) is 43.3 Å². The van der Waals surface area contributed by atoms with Crippen molar-refractivity contribution >= 4 is 28.9 Å². The summed E-state index contributed by atoms with van der Waals surface area (Å²) in [6, 6.07) is 12.8. The molecule has 3 rings (SSSR count). The van der Waals surface area contributed by atoms with Crippen LogP contribution in [-0.2, 0) is 4.79 Å². The lowest BCUT2D eigenvalue weighted by Gasteiger charge is -2.38. The third-order valence-corrected chi connectivity index (χ3v) is 5.73. The average Bonchev–Trinajstić information content (AvgIpc) is 2.70. The van der Waals surface area contributed by atoms with E-state index in [4.69, 9.17) is 11.6 Å². The monoisotopic (exact) mass is 416 g/mol. The van der Waals surface area contributed by atoms with Gasteiger partial charge in [-0.3, -0.25) is 24.7 Å². The number of halogens is 1. The van der Waals surface area contributed by atoms with E-state index in [2.05, 4.69) is 22.0 Å². The van der Waals surface area contributed by atoms with Gasteiger partial charge in [-0.2, -0.15) is 0 Å². The molecule has 1 fully saturated rings. The molecule has 0 aromatic heterocycles. The second kappa shape index (κ2) is 9.35. The Morgan fingerprint density at radius 2 is 1.86 bits per heavy atom. The number of nitrogens with one attached hydrogen (secondary N) is 1. The van der Waals surface area contributed by atoms with Crippen molar-refractivity contribution in [3.05, 3.63) is 68.7 Å². The van der Waals surface area contributed by atoms with Crippen LogP contribution in [0.5, 0.6) is 0 Å². The summed E-state index contributed by atoms with van der Waals surface area (Å²) in [5.41, 5.74) is 1.96. The first kappa shape index (κ1) is 21.2. The van der Waals surface area contributed by atoms with Crippen LogP contribution >= 0.6 is 11.6 Å². The Balaban J connectivity index is 1.56. The van der Waals surface area contributed by atoms with Crippen LogP contribution in [-0.4, -0.2) is 53.4 Å². The molecule has 0 spiro atoms. The number of rotatable bonds is 6. The van der Waals surface area contributed by atoms with E-state index >= 15 is 0 Å².